The van der Waals surface area contributed by atoms with Crippen molar-refractivity contribution < 1.29 is 24.2 Å². The summed E-state index contributed by atoms with van der Waals surface area (Å²) in [5, 5.41) is 8.80. The summed E-state index contributed by atoms with van der Waals surface area (Å²) in [4.78, 5) is 22.4. The quantitative estimate of drug-likeness (QED) is 0.582. The number of hydrogen-bond donors (Lipinski definition) is 1. The molecule has 90 valence electrons. The van der Waals surface area contributed by atoms with Gasteiger partial charge in [0.15, 0.2) is 5.60 Å². The maximum Gasteiger partial charge on any atom is 0.341 e. The van der Waals surface area contributed by atoms with Gasteiger partial charge in [-0.05, 0) is 20.8 Å². The molecule has 0 aromatic heterocycles. The Kier molecular flexibility index (Phi) is 3.70. The van der Waals surface area contributed by atoms with Gasteiger partial charge in [0, 0.05) is 6.42 Å². The zero-order valence-corrected chi connectivity index (χ0v) is 9.65. The van der Waals surface area contributed by atoms with E-state index in [1.807, 2.05) is 13.8 Å². The summed E-state index contributed by atoms with van der Waals surface area (Å²) < 4.78 is 10.2. The van der Waals surface area contributed by atoms with Crippen molar-refractivity contribution in [3.8, 4) is 0 Å². The number of carboxylic acids is 1. The van der Waals surface area contributed by atoms with E-state index in [2.05, 4.69) is 0 Å². The molecule has 1 saturated heterocycles. The monoisotopic (exact) mass is 228 g/mol. The third-order valence-corrected chi connectivity index (χ3v) is 2.31. The van der Waals surface area contributed by atoms with Gasteiger partial charge in [-0.15, -0.1) is 0 Å². The minimum atomic E-state index is -1.36. The number of carbonyl (C=O) groups is 2. The van der Waals surface area contributed by atoms with Gasteiger partial charge in [0.1, 0.15) is 0 Å². The summed E-state index contributed by atoms with van der Waals surface area (Å²) in [6, 6.07) is 0. The summed E-state index contributed by atoms with van der Waals surface area (Å²) in [6.45, 7) is 5.32. The molecule has 5 nitrogen and oxygen atoms in total. The second-order valence-electron chi connectivity index (χ2n) is 4.14. The van der Waals surface area contributed by atoms with Crippen LogP contribution in [0.4, 0.5) is 0 Å². The fraction of sp³-hybridized carbons (Fsp3) is 0.636. The zero-order valence-electron chi connectivity index (χ0n) is 9.65. The highest BCUT2D eigenvalue weighted by Gasteiger charge is 2.49. The molecule has 1 N–H and O–H groups in total. The standard InChI is InChI=1S/C11H16O5/c1-7(2)4-5-11(6-9(12)13)10(14)15-8(3)16-11/h4,8H,5-6H2,1-3H3,(H,12,13)/t8-,11?/m0/s1. The molecule has 1 rings (SSSR count). The van der Waals surface area contributed by atoms with E-state index in [0.717, 1.165) is 5.57 Å². The van der Waals surface area contributed by atoms with Gasteiger partial charge >= 0.3 is 11.9 Å². The van der Waals surface area contributed by atoms with Crippen molar-refractivity contribution in [2.45, 2.75) is 45.5 Å². The van der Waals surface area contributed by atoms with Crippen molar-refractivity contribution >= 4 is 11.9 Å². The van der Waals surface area contributed by atoms with E-state index in [1.54, 1.807) is 13.0 Å². The number of carbonyl (C=O) groups excluding carboxylic acids is 1. The first-order valence-electron chi connectivity index (χ1n) is 5.10. The Balaban J connectivity index is 2.89. The molecule has 1 unspecified atom stereocenters. The number of esters is 1. The molecular weight excluding hydrogens is 212 g/mol. The molecule has 16 heavy (non-hydrogen) atoms. The third-order valence-electron chi connectivity index (χ3n) is 2.31. The van der Waals surface area contributed by atoms with Crippen LogP contribution in [0, 0.1) is 0 Å². The first kappa shape index (κ1) is 12.7. The van der Waals surface area contributed by atoms with Crippen LogP contribution >= 0.6 is 0 Å². The second kappa shape index (κ2) is 4.65. The Bertz CT molecular complexity index is 329. The molecular formula is C11H16O5. The van der Waals surface area contributed by atoms with Crippen LogP contribution in [0.25, 0.3) is 0 Å². The fourth-order valence-electron chi connectivity index (χ4n) is 1.58. The Labute approximate surface area is 94.0 Å². The lowest BCUT2D eigenvalue weighted by Crippen LogP contribution is -2.38. The molecule has 0 spiro atoms. The molecule has 0 radical (unpaired) electrons. The molecule has 1 heterocycles. The lowest BCUT2D eigenvalue weighted by atomic mass is 9.94. The van der Waals surface area contributed by atoms with E-state index in [-0.39, 0.29) is 12.8 Å². The Morgan fingerprint density at radius 1 is 1.56 bits per heavy atom. The van der Waals surface area contributed by atoms with Gasteiger partial charge in [0.25, 0.3) is 0 Å². The smallest absolute Gasteiger partial charge is 0.341 e. The molecule has 0 amide bonds. The van der Waals surface area contributed by atoms with Crippen LogP contribution in [0.2, 0.25) is 0 Å². The normalized spacial score (nSPS) is 28.7. The minimum Gasteiger partial charge on any atom is -0.481 e. The summed E-state index contributed by atoms with van der Waals surface area (Å²) in [5.41, 5.74) is -0.358. The van der Waals surface area contributed by atoms with Gasteiger partial charge in [-0.25, -0.2) is 4.79 Å². The lowest BCUT2D eigenvalue weighted by Gasteiger charge is -2.20. The van der Waals surface area contributed by atoms with Crippen molar-refractivity contribution in [2.24, 2.45) is 0 Å². The molecule has 0 aromatic carbocycles. The average molecular weight is 228 g/mol. The number of aliphatic carboxylic acids is 1. The van der Waals surface area contributed by atoms with Gasteiger partial charge in [-0.3, -0.25) is 4.79 Å². The fourth-order valence-corrected chi connectivity index (χ4v) is 1.58. The summed E-state index contributed by atoms with van der Waals surface area (Å²) >= 11 is 0. The van der Waals surface area contributed by atoms with Crippen LogP contribution in [-0.4, -0.2) is 28.9 Å². The predicted octanol–water partition coefficient (Wildman–Crippen LogP) is 1.48. The van der Waals surface area contributed by atoms with Crippen LogP contribution in [0.15, 0.2) is 11.6 Å². The van der Waals surface area contributed by atoms with Gasteiger partial charge in [0.05, 0.1) is 6.42 Å². The van der Waals surface area contributed by atoms with Crippen LogP contribution < -0.4 is 0 Å². The predicted molar refractivity (Wildman–Crippen MR) is 55.7 cm³/mol. The number of allylic oxidation sites excluding steroid dienone is 1. The molecule has 0 aromatic rings. The number of ether oxygens (including phenoxy) is 2. The van der Waals surface area contributed by atoms with Crippen molar-refractivity contribution in [1.82, 2.24) is 0 Å². The molecule has 1 fully saturated rings. The van der Waals surface area contributed by atoms with Gasteiger partial charge in [-0.2, -0.15) is 0 Å². The van der Waals surface area contributed by atoms with E-state index in [1.165, 1.54) is 0 Å². The first-order valence-corrected chi connectivity index (χ1v) is 5.10. The Hall–Kier alpha value is -1.36. The van der Waals surface area contributed by atoms with E-state index < -0.39 is 23.8 Å². The zero-order chi connectivity index (χ0) is 12.3. The highest BCUT2D eigenvalue weighted by molar-refractivity contribution is 5.86. The largest absolute Gasteiger partial charge is 0.481 e. The number of carboxylic acid groups (broad SMARTS) is 1. The number of cyclic esters (lactones) is 1. The summed E-state index contributed by atoms with van der Waals surface area (Å²) in [6.07, 6.45) is 0.949. The topological polar surface area (TPSA) is 72.8 Å². The van der Waals surface area contributed by atoms with E-state index in [0.29, 0.717) is 0 Å². The second-order valence-corrected chi connectivity index (χ2v) is 4.14. The molecule has 1 aliphatic rings. The van der Waals surface area contributed by atoms with Gasteiger partial charge in [-0.1, -0.05) is 11.6 Å². The highest BCUT2D eigenvalue weighted by atomic mass is 16.8. The number of rotatable bonds is 4. The van der Waals surface area contributed by atoms with Crippen LogP contribution in [0.5, 0.6) is 0 Å². The van der Waals surface area contributed by atoms with Crippen LogP contribution in [-0.2, 0) is 19.1 Å². The number of hydrogen-bond acceptors (Lipinski definition) is 4. The van der Waals surface area contributed by atoms with Crippen LogP contribution in [0.1, 0.15) is 33.6 Å². The molecule has 0 aliphatic carbocycles. The maximum absolute atomic E-state index is 11.6. The van der Waals surface area contributed by atoms with Crippen molar-refractivity contribution in [1.29, 1.82) is 0 Å². The van der Waals surface area contributed by atoms with E-state index in [9.17, 15) is 9.59 Å². The average Bonchev–Trinajstić information content (AvgIpc) is 2.38. The molecule has 5 heteroatoms. The SMILES string of the molecule is CC(C)=CCC1(CC(=O)O)O[C@@H](C)OC1=O. The van der Waals surface area contributed by atoms with Gasteiger partial charge in [0.2, 0.25) is 6.29 Å². The molecule has 1 aliphatic heterocycles. The minimum absolute atomic E-state index is 0.227. The summed E-state index contributed by atoms with van der Waals surface area (Å²) in [7, 11) is 0. The van der Waals surface area contributed by atoms with Crippen molar-refractivity contribution in [3.05, 3.63) is 11.6 Å². The Morgan fingerprint density at radius 2 is 2.19 bits per heavy atom. The van der Waals surface area contributed by atoms with E-state index in [4.69, 9.17) is 14.6 Å². The third kappa shape index (κ3) is 2.82. The Morgan fingerprint density at radius 3 is 2.56 bits per heavy atom. The van der Waals surface area contributed by atoms with E-state index >= 15 is 0 Å². The molecule has 0 bridgehead atoms. The first-order chi connectivity index (χ1) is 7.35. The highest BCUT2D eigenvalue weighted by Crippen LogP contribution is 2.32. The van der Waals surface area contributed by atoms with Crippen molar-refractivity contribution in [3.63, 3.8) is 0 Å². The van der Waals surface area contributed by atoms with Crippen molar-refractivity contribution in [2.75, 3.05) is 0 Å². The maximum atomic E-state index is 11.6. The summed E-state index contributed by atoms with van der Waals surface area (Å²) in [5.74, 6) is -1.67. The molecule has 0 saturated carbocycles. The molecule has 2 atom stereocenters. The van der Waals surface area contributed by atoms with Gasteiger partial charge < -0.3 is 14.6 Å². The lowest BCUT2D eigenvalue weighted by molar-refractivity contribution is -0.152. The van der Waals surface area contributed by atoms with Crippen LogP contribution in [0.3, 0.4) is 0 Å².